The number of nitrogens with zero attached hydrogens (tertiary/aromatic N) is 4. The minimum Gasteiger partial charge on any atom is -0.454 e. The average molecular weight is 751 g/mol. The Kier molecular flexibility index (Phi) is 6.49. The van der Waals surface area contributed by atoms with Crippen LogP contribution in [0.15, 0.2) is 120 Å². The Hall–Kier alpha value is -6.40. The molecule has 0 bridgehead atoms. The molecule has 6 heteroatoms. The Labute approximate surface area is 338 Å². The highest BCUT2D eigenvalue weighted by atomic mass is 16.3. The topological polar surface area (TPSA) is 48.8 Å². The molecular weight excluding hydrogens is 707 g/mol. The molecule has 12 rings (SSSR count). The van der Waals surface area contributed by atoms with Gasteiger partial charge in [0.15, 0.2) is 5.58 Å². The number of aryl methyl sites for hydroxylation is 2. The lowest BCUT2D eigenvalue weighted by molar-refractivity contribution is 0.590. The van der Waals surface area contributed by atoms with E-state index in [9.17, 15) is 0 Å². The number of rotatable bonds is 2. The van der Waals surface area contributed by atoms with Gasteiger partial charge in [-0.15, -0.1) is 0 Å². The maximum Gasteiger partial charge on any atom is 0.252 e. The van der Waals surface area contributed by atoms with Gasteiger partial charge in [-0.1, -0.05) is 126 Å². The fourth-order valence-corrected chi connectivity index (χ4v) is 10.2. The number of hydrogen-bond acceptors (Lipinski definition) is 3. The van der Waals surface area contributed by atoms with Gasteiger partial charge in [-0.2, -0.15) is 0 Å². The summed E-state index contributed by atoms with van der Waals surface area (Å²) in [6, 6.07) is 42.6. The maximum absolute atomic E-state index is 6.89. The third-order valence-corrected chi connectivity index (χ3v) is 13.1. The molecule has 2 aliphatic rings. The van der Waals surface area contributed by atoms with Gasteiger partial charge in [0, 0.05) is 33.3 Å². The minimum atomic E-state index is -0.0940. The molecule has 0 N–H and O–H groups in total. The van der Waals surface area contributed by atoms with Crippen LogP contribution in [0.1, 0.15) is 63.8 Å². The smallest absolute Gasteiger partial charge is 0.252 e. The van der Waals surface area contributed by atoms with E-state index in [1.807, 2.05) is 0 Å². The molecule has 2 aliphatic heterocycles. The zero-order valence-corrected chi connectivity index (χ0v) is 34.2. The van der Waals surface area contributed by atoms with Gasteiger partial charge in [0.1, 0.15) is 22.7 Å². The Morgan fingerprint density at radius 1 is 0.569 bits per heavy atom. The van der Waals surface area contributed by atoms with E-state index in [-0.39, 0.29) is 17.5 Å². The number of hydrogen-bond donors (Lipinski definition) is 0. The predicted octanol–water partition coefficient (Wildman–Crippen LogP) is 11.1. The molecule has 3 aromatic heterocycles. The summed E-state index contributed by atoms with van der Waals surface area (Å²) in [7, 11) is 0. The van der Waals surface area contributed by atoms with Crippen LogP contribution in [0.4, 0.5) is 0 Å². The minimum absolute atomic E-state index is 0.0102. The van der Waals surface area contributed by atoms with Crippen LogP contribution in [0.25, 0.3) is 88.9 Å². The molecule has 7 aromatic carbocycles. The Morgan fingerprint density at radius 3 is 2.00 bits per heavy atom. The molecular formula is C52H43BN4O. The van der Waals surface area contributed by atoms with Gasteiger partial charge in [-0.3, -0.25) is 9.13 Å². The molecule has 10 aromatic rings. The molecule has 5 nitrogen and oxygen atoms in total. The largest absolute Gasteiger partial charge is 0.454 e. The summed E-state index contributed by atoms with van der Waals surface area (Å²) in [4.78, 5) is 11.3. The molecule has 0 saturated carbocycles. The van der Waals surface area contributed by atoms with E-state index in [0.717, 1.165) is 72.6 Å². The van der Waals surface area contributed by atoms with Gasteiger partial charge in [0.2, 0.25) is 0 Å². The van der Waals surface area contributed by atoms with E-state index < -0.39 is 0 Å². The van der Waals surface area contributed by atoms with Crippen LogP contribution in [0.2, 0.25) is 0 Å². The number of aromatic nitrogens is 4. The summed E-state index contributed by atoms with van der Waals surface area (Å²) in [6.45, 7) is 18.1. The maximum atomic E-state index is 6.89. The van der Waals surface area contributed by atoms with E-state index >= 15 is 0 Å². The highest BCUT2D eigenvalue weighted by molar-refractivity contribution is 7.00. The predicted molar refractivity (Wildman–Crippen MR) is 243 cm³/mol. The first-order valence-electron chi connectivity index (χ1n) is 20.5. The first-order valence-corrected chi connectivity index (χ1v) is 20.5. The van der Waals surface area contributed by atoms with E-state index in [2.05, 4.69) is 180 Å². The first kappa shape index (κ1) is 33.7. The fraction of sp³-hybridized carbons (Fsp3) is 0.192. The monoisotopic (exact) mass is 750 g/mol. The van der Waals surface area contributed by atoms with Crippen LogP contribution in [0.3, 0.4) is 0 Å². The number of benzene rings is 7. The lowest BCUT2D eigenvalue weighted by atomic mass is 9.34. The van der Waals surface area contributed by atoms with Gasteiger partial charge in [0.25, 0.3) is 6.71 Å². The highest BCUT2D eigenvalue weighted by Crippen LogP contribution is 2.43. The van der Waals surface area contributed by atoms with E-state index in [1.165, 1.54) is 54.9 Å². The van der Waals surface area contributed by atoms with Crippen molar-refractivity contribution in [3.8, 4) is 34.2 Å². The third kappa shape index (κ3) is 4.38. The Balaban J connectivity index is 1.28. The van der Waals surface area contributed by atoms with Gasteiger partial charge in [-0.05, 0) is 104 Å². The summed E-state index contributed by atoms with van der Waals surface area (Å²) >= 11 is 0. The van der Waals surface area contributed by atoms with Crippen molar-refractivity contribution >= 4 is 77.9 Å². The third-order valence-electron chi connectivity index (χ3n) is 13.1. The van der Waals surface area contributed by atoms with Crippen LogP contribution in [-0.2, 0) is 10.8 Å². The molecule has 0 aliphatic carbocycles. The molecule has 280 valence electrons. The van der Waals surface area contributed by atoms with Crippen molar-refractivity contribution in [3.63, 3.8) is 0 Å². The number of fused-ring (bicyclic) bond motifs is 9. The fourth-order valence-electron chi connectivity index (χ4n) is 10.2. The van der Waals surface area contributed by atoms with Crippen LogP contribution < -0.4 is 16.4 Å². The summed E-state index contributed by atoms with van der Waals surface area (Å²) in [5.41, 5.74) is 19.2. The summed E-state index contributed by atoms with van der Waals surface area (Å²) in [6.07, 6.45) is 0. The number of furan rings is 1. The second-order valence-electron chi connectivity index (χ2n) is 18.8. The molecule has 0 saturated heterocycles. The molecule has 0 atom stereocenters. The van der Waals surface area contributed by atoms with Crippen molar-refractivity contribution in [3.05, 3.63) is 138 Å². The summed E-state index contributed by atoms with van der Waals surface area (Å²) < 4.78 is 11.8. The molecule has 58 heavy (non-hydrogen) atoms. The second kappa shape index (κ2) is 11.2. The van der Waals surface area contributed by atoms with E-state index in [4.69, 9.17) is 14.4 Å². The van der Waals surface area contributed by atoms with Crippen molar-refractivity contribution in [1.82, 2.24) is 19.1 Å². The Bertz CT molecular complexity index is 3430. The van der Waals surface area contributed by atoms with Crippen LogP contribution in [-0.4, -0.2) is 25.8 Å². The zero-order chi connectivity index (χ0) is 39.6. The van der Waals surface area contributed by atoms with Crippen LogP contribution in [0, 0.1) is 13.8 Å². The first-order chi connectivity index (χ1) is 27.9. The van der Waals surface area contributed by atoms with Gasteiger partial charge in [0.05, 0.1) is 16.6 Å². The zero-order valence-electron chi connectivity index (χ0n) is 34.2. The quantitative estimate of drug-likeness (QED) is 0.165. The Morgan fingerprint density at radius 2 is 1.24 bits per heavy atom. The standard InChI is InChI=1S/C52H43BN4O/c1-28-14-11-15-29(2)43(28)50-55-45-47-38(27-36-35-24-31(51(3,4)5)22-23-42(35)58-48(36)45)53-37-25-32(52(6,7)8)26-39-46(37)56(40-20-13-21-41(44(40)53)57(47)50)49(54-39)34-19-12-17-30-16-9-10-18-33(30)34/h9-27H,1-8H3. The lowest BCUT2D eigenvalue weighted by Crippen LogP contribution is -2.59. The van der Waals surface area contributed by atoms with Gasteiger partial charge in [-0.25, -0.2) is 9.97 Å². The SMILES string of the molecule is Cc1cccc(C)c1-c1nc2c3oc4ccc(C(C)(C)C)cc4c3cc3c2n1-c1cccc2c1B3c1cc(C(C)(C)C)cc3nc(-c4cccc5ccccc45)n-2c13. The highest BCUT2D eigenvalue weighted by Gasteiger charge is 2.43. The van der Waals surface area contributed by atoms with Gasteiger partial charge < -0.3 is 4.42 Å². The second-order valence-corrected chi connectivity index (χ2v) is 18.8. The van der Waals surface area contributed by atoms with E-state index in [0.29, 0.717) is 0 Å². The molecule has 0 amide bonds. The van der Waals surface area contributed by atoms with Crippen molar-refractivity contribution in [2.24, 2.45) is 0 Å². The van der Waals surface area contributed by atoms with Crippen LogP contribution >= 0.6 is 0 Å². The van der Waals surface area contributed by atoms with Gasteiger partial charge >= 0.3 is 0 Å². The molecule has 0 spiro atoms. The molecule has 0 fully saturated rings. The number of imidazole rings is 2. The summed E-state index contributed by atoms with van der Waals surface area (Å²) in [5.74, 6) is 1.91. The van der Waals surface area contributed by atoms with Crippen molar-refractivity contribution in [2.45, 2.75) is 66.2 Å². The lowest BCUT2D eigenvalue weighted by Gasteiger charge is -2.34. The average Bonchev–Trinajstić information content (AvgIpc) is 3.89. The van der Waals surface area contributed by atoms with Crippen LogP contribution in [0.5, 0.6) is 0 Å². The summed E-state index contributed by atoms with van der Waals surface area (Å²) in [5, 5.41) is 4.65. The van der Waals surface area contributed by atoms with Crippen molar-refractivity contribution in [2.75, 3.05) is 0 Å². The van der Waals surface area contributed by atoms with Crippen molar-refractivity contribution < 1.29 is 4.42 Å². The normalized spacial score (nSPS) is 13.5. The molecule has 5 heterocycles. The molecule has 0 unspecified atom stereocenters. The van der Waals surface area contributed by atoms with E-state index in [1.54, 1.807) is 0 Å². The van der Waals surface area contributed by atoms with Crippen molar-refractivity contribution in [1.29, 1.82) is 0 Å². The molecule has 0 radical (unpaired) electrons.